The highest BCUT2D eigenvalue weighted by atomic mass is 35.5. The van der Waals surface area contributed by atoms with Crippen molar-refractivity contribution in [3.8, 4) is 59.3 Å². The topological polar surface area (TPSA) is 362 Å². The summed E-state index contributed by atoms with van der Waals surface area (Å²) in [5, 5.41) is 4.28. The average Bonchev–Trinajstić information content (AvgIpc) is 0.837. The van der Waals surface area contributed by atoms with Gasteiger partial charge in [-0.15, -0.1) is 11.8 Å². The van der Waals surface area contributed by atoms with Gasteiger partial charge in [0.1, 0.15) is 50.9 Å². The molecule has 0 aromatic carbocycles. The highest BCUT2D eigenvalue weighted by molar-refractivity contribution is 7.98. The van der Waals surface area contributed by atoms with E-state index in [-0.39, 0.29) is 29.4 Å². The van der Waals surface area contributed by atoms with Gasteiger partial charge in [0.15, 0.2) is 5.69 Å². The van der Waals surface area contributed by atoms with Gasteiger partial charge in [-0.1, -0.05) is 11.6 Å². The number of rotatable bonds is 15. The van der Waals surface area contributed by atoms with Gasteiger partial charge < -0.3 is 52.7 Å². The van der Waals surface area contributed by atoms with E-state index in [1.807, 2.05) is 80.7 Å². The van der Waals surface area contributed by atoms with Crippen molar-refractivity contribution in [2.24, 2.45) is 0 Å². The van der Waals surface area contributed by atoms with Crippen LogP contribution in [-0.4, -0.2) is 183 Å². The minimum atomic E-state index is -4.57. The molecule has 0 amide bonds. The lowest BCUT2D eigenvalue weighted by molar-refractivity contribution is -0.145. The van der Waals surface area contributed by atoms with Crippen molar-refractivity contribution < 1.29 is 91.3 Å². The number of hydrogen-bond donors (Lipinski definition) is 1. The molecule has 43 heteroatoms. The molecule has 0 bridgehead atoms. The van der Waals surface area contributed by atoms with Crippen LogP contribution in [0.5, 0.6) is 59.3 Å². The Morgan fingerprint density at radius 3 is 1.17 bits per heavy atom. The molecule has 570 valence electrons. The number of thioether (sulfide) groups is 1. The van der Waals surface area contributed by atoms with Gasteiger partial charge in [-0.2, -0.15) is 98.7 Å². The summed E-state index contributed by atoms with van der Waals surface area (Å²) < 4.78 is 166. The third kappa shape index (κ3) is 38.9. The number of aromatic nitrogens is 20. The van der Waals surface area contributed by atoms with Crippen molar-refractivity contribution in [1.29, 1.82) is 0 Å². The summed E-state index contributed by atoms with van der Waals surface area (Å²) in [5.74, 6) is 2.81. The fourth-order valence-corrected chi connectivity index (χ4v) is 7.44. The molecule has 0 saturated heterocycles. The number of hydrogen-bond acceptors (Lipinski definition) is 32. The van der Waals surface area contributed by atoms with Gasteiger partial charge in [-0.25, -0.2) is 44.9 Å². The van der Waals surface area contributed by atoms with Crippen molar-refractivity contribution in [3.63, 3.8) is 0 Å². The van der Waals surface area contributed by atoms with Crippen LogP contribution in [-0.2, 0) is 12.4 Å². The molecule has 9 rings (SSSR count). The van der Waals surface area contributed by atoms with Gasteiger partial charge in [-0.05, 0) is 108 Å². The summed E-state index contributed by atoms with van der Waals surface area (Å²) in [6.45, 7) is 17.1. The third-order valence-electron chi connectivity index (χ3n) is 10.6. The highest BCUT2D eigenvalue weighted by Crippen LogP contribution is 2.30. The molecule has 0 saturated carbocycles. The van der Waals surface area contributed by atoms with Crippen molar-refractivity contribution in [1.82, 2.24) is 99.7 Å². The number of methoxy groups -OCH3 is 7. The van der Waals surface area contributed by atoms with E-state index in [9.17, 15) is 43.9 Å². The van der Waals surface area contributed by atoms with Crippen LogP contribution in [0.2, 0.25) is 5.15 Å². The maximum atomic E-state index is 12.1. The molecule has 31 nitrogen and oxygen atoms in total. The van der Waals surface area contributed by atoms with Crippen LogP contribution < -0.4 is 52.7 Å². The molecule has 0 atom stereocenters. The Morgan fingerprint density at radius 2 is 0.750 bits per heavy atom. The van der Waals surface area contributed by atoms with Crippen LogP contribution in [0, 0.1) is 83.1 Å². The molecule has 9 aromatic rings. The van der Waals surface area contributed by atoms with Crippen molar-refractivity contribution in [2.75, 3.05) is 75.0 Å². The number of aryl methyl sites for hydroxylation is 12. The third-order valence-corrected chi connectivity index (χ3v) is 11.4. The maximum Gasteiger partial charge on any atom is 0.451 e. The molecule has 104 heavy (non-hydrogen) atoms. The molecule has 0 aliphatic carbocycles. The smallest absolute Gasteiger partial charge is 0.451 e. The van der Waals surface area contributed by atoms with Crippen LogP contribution in [0.15, 0.2) is 47.5 Å². The number of anilines is 1. The van der Waals surface area contributed by atoms with Gasteiger partial charge in [-0.3, -0.25) is 0 Å². The normalized spacial score (nSPS) is 10.2. The number of alkyl halides is 10. The molecule has 0 radical (unpaired) electrons. The summed E-state index contributed by atoms with van der Waals surface area (Å²) in [4.78, 5) is 75.7. The molecule has 0 spiro atoms. The Kier molecular flexibility index (Phi) is 41.1. The molecule has 0 fully saturated rings. The Bertz CT molecular complexity index is 3710. The van der Waals surface area contributed by atoms with E-state index in [2.05, 4.69) is 124 Å². The van der Waals surface area contributed by atoms with Crippen LogP contribution >= 0.6 is 23.4 Å². The minimum Gasteiger partial charge on any atom is -0.481 e. The molecular formula is C61H78ClF10N21O10S. The first-order valence-electron chi connectivity index (χ1n) is 29.4. The lowest BCUT2D eigenvalue weighted by atomic mass is 10.4. The molecule has 0 aliphatic rings. The molecule has 1 N–H and O–H groups in total. The predicted molar refractivity (Wildman–Crippen MR) is 357 cm³/mol. The van der Waals surface area contributed by atoms with Crippen LogP contribution in [0.3, 0.4) is 0 Å². The first kappa shape index (κ1) is 91.3. The summed E-state index contributed by atoms with van der Waals surface area (Å²) in [6.07, 6.45) is -7.05. The summed E-state index contributed by atoms with van der Waals surface area (Å²) in [7, 11) is 12.0. The average molecular weight is 1520 g/mol. The van der Waals surface area contributed by atoms with Gasteiger partial charge in [0.2, 0.25) is 47.1 Å². The number of ether oxygens (including phenoxy) is 10. The Hall–Kier alpha value is -10.7. The largest absolute Gasteiger partial charge is 0.481 e. The van der Waals surface area contributed by atoms with Gasteiger partial charge in [0.05, 0.1) is 62.4 Å². The standard InChI is InChI=1S/C7H6F4N2O2.C7H7F3N2O.C7H12N4O.C7H10N2O2.C7H10N2OS.2C7H10N2O.C6H7ClN2.C6H6F3N3O/c1-3-12-4(14-6(8)9)2-5(13-3)15-7(10)11;1-4-11-5(7(8,9)10)3-6(12-4)13-2;1-4-12-7-10-5(2)9-6(8-3)11-7;1-5-4-6(10-2)9-7(8-5)11-3;1-5-8-6(10-2)4-7(9-5)11-3;1-5-4-7(10-3)9-6(2)8-5;1-5-4-6(2)9-7(8-5)10-3;1-4-3-6(7)9-5(2)8-4;1-3-10-4(6(7,8)9)12-5(11-3)13-2/h2,6-7H,1H3;3H,1-2H3;4H2,1-3H3,(H,8,9,10,11);2*4H,1-3H3;2*4H,1-3H3;3H,1-2H3;1-2H3. The summed E-state index contributed by atoms with van der Waals surface area (Å²) >= 11 is 7.18. The quantitative estimate of drug-likeness (QED) is 0.0566. The minimum absolute atomic E-state index is 0.0104. The second kappa shape index (κ2) is 46.8. The number of nitrogens with zero attached hydrogens (tertiary/aromatic N) is 20. The van der Waals surface area contributed by atoms with Crippen molar-refractivity contribution in [3.05, 3.63) is 128 Å². The zero-order valence-corrected chi connectivity index (χ0v) is 62.1. The molecule has 0 unspecified atom stereocenters. The van der Waals surface area contributed by atoms with Crippen LogP contribution in [0.1, 0.15) is 87.7 Å². The highest BCUT2D eigenvalue weighted by Gasteiger charge is 2.36. The van der Waals surface area contributed by atoms with E-state index in [1.165, 1.54) is 42.1 Å². The van der Waals surface area contributed by atoms with Crippen molar-refractivity contribution >= 4 is 29.3 Å². The van der Waals surface area contributed by atoms with E-state index in [0.717, 1.165) is 63.1 Å². The van der Waals surface area contributed by atoms with Gasteiger partial charge in [0, 0.05) is 59.8 Å². The van der Waals surface area contributed by atoms with E-state index in [4.69, 9.17) is 40.0 Å². The first-order chi connectivity index (χ1) is 48.7. The monoisotopic (exact) mass is 1520 g/mol. The molecule has 9 heterocycles. The number of nitrogens with one attached hydrogen (secondary N) is 1. The fourth-order valence-electron chi connectivity index (χ4n) is 6.72. The molecule has 0 aliphatic heterocycles. The van der Waals surface area contributed by atoms with E-state index >= 15 is 0 Å². The summed E-state index contributed by atoms with van der Waals surface area (Å²) in [6, 6.07) is 11.3. The van der Waals surface area contributed by atoms with E-state index in [0.29, 0.717) is 59.2 Å². The van der Waals surface area contributed by atoms with Gasteiger partial charge in [0.25, 0.3) is 0 Å². The Morgan fingerprint density at radius 1 is 0.375 bits per heavy atom. The van der Waals surface area contributed by atoms with Gasteiger partial charge >= 0.3 is 49.6 Å². The van der Waals surface area contributed by atoms with E-state index < -0.39 is 48.9 Å². The fraction of sp³-hybridized carbons (Fsp3) is 0.443. The SMILES string of the molecule is CCOc1nc(C)nc(NC)n1.COc1cc(C(F)(F)F)nc(C)n1.COc1cc(C)nc(C)n1.COc1cc(C)nc(OC)n1.COc1cc(SC)nc(C)n1.COc1nc(C)cc(C)n1.COc1nc(C)nc(C(F)(F)F)n1.Cc1cc(Cl)nc(C)n1.Cc1nc(OC(F)F)cc(OC(F)F)n1. The second-order valence-corrected chi connectivity index (χ2v) is 20.4. The first-order valence-corrected chi connectivity index (χ1v) is 31.0. The predicted octanol–water partition coefficient (Wildman–Crippen LogP) is 11.9. The molecular weight excluding hydrogens is 1440 g/mol. The summed E-state index contributed by atoms with van der Waals surface area (Å²) in [5.41, 5.74) is 3.55. The van der Waals surface area contributed by atoms with Crippen LogP contribution in [0.25, 0.3) is 0 Å². The zero-order chi connectivity index (χ0) is 79.0. The van der Waals surface area contributed by atoms with Crippen LogP contribution in [0.4, 0.5) is 49.9 Å². The van der Waals surface area contributed by atoms with E-state index in [1.54, 1.807) is 72.4 Å². The number of halogens is 11. The Balaban J connectivity index is 0.000000587. The lowest BCUT2D eigenvalue weighted by Gasteiger charge is -2.07. The lowest BCUT2D eigenvalue weighted by Crippen LogP contribution is -2.13. The molecule has 9 aromatic heterocycles. The second-order valence-electron chi connectivity index (χ2n) is 19.2. The zero-order valence-electron chi connectivity index (χ0n) is 60.5. The Labute approximate surface area is 601 Å². The maximum absolute atomic E-state index is 12.1. The van der Waals surface area contributed by atoms with Crippen molar-refractivity contribution in [2.45, 2.75) is 121 Å².